The molecule has 1 heterocycles. The van der Waals surface area contributed by atoms with E-state index in [9.17, 15) is 5.11 Å². The highest BCUT2D eigenvalue weighted by molar-refractivity contribution is 5.09. The third-order valence-electron chi connectivity index (χ3n) is 4.16. The monoisotopic (exact) mass is 215 g/mol. The molecule has 1 saturated carbocycles. The van der Waals surface area contributed by atoms with Crippen molar-refractivity contribution in [3.05, 3.63) is 0 Å². The smallest absolute Gasteiger partial charge is 0.0787 e. The average molecular weight is 215 g/mol. The molecule has 1 unspecified atom stereocenters. The summed E-state index contributed by atoms with van der Waals surface area (Å²) in [6, 6.07) is 0. The second-order valence-electron chi connectivity index (χ2n) is 4.94. The van der Waals surface area contributed by atoms with Gasteiger partial charge in [0.25, 0.3) is 0 Å². The van der Waals surface area contributed by atoms with Crippen molar-refractivity contribution in [1.29, 1.82) is 0 Å². The topological polar surface area (TPSA) is 64.7 Å². The van der Waals surface area contributed by atoms with Crippen LogP contribution in [0.4, 0.5) is 0 Å². The lowest BCUT2D eigenvalue weighted by atomic mass is 9.58. The predicted octanol–water partition coefficient (Wildman–Crippen LogP) is 0.282. The quantitative estimate of drug-likeness (QED) is 0.710. The summed E-state index contributed by atoms with van der Waals surface area (Å²) in [4.78, 5) is 0. The van der Waals surface area contributed by atoms with Gasteiger partial charge in [-0.2, -0.15) is 0 Å². The molecule has 2 fully saturated rings. The van der Waals surface area contributed by atoms with Gasteiger partial charge in [0.2, 0.25) is 0 Å². The molecule has 4 heteroatoms. The fourth-order valence-electron chi connectivity index (χ4n) is 2.86. The molecular weight excluding hydrogens is 194 g/mol. The Morgan fingerprint density at radius 3 is 2.73 bits per heavy atom. The van der Waals surface area contributed by atoms with E-state index in [-0.39, 0.29) is 11.5 Å². The molecular formula is C11H21NO3. The Kier molecular flexibility index (Phi) is 3.03. The lowest BCUT2D eigenvalue weighted by Gasteiger charge is -2.56. The van der Waals surface area contributed by atoms with Crippen LogP contribution < -0.4 is 5.73 Å². The van der Waals surface area contributed by atoms with Gasteiger partial charge < -0.3 is 20.3 Å². The molecule has 1 aliphatic heterocycles. The van der Waals surface area contributed by atoms with Crippen molar-refractivity contribution < 1.29 is 14.6 Å². The number of hydrogen-bond donors (Lipinski definition) is 2. The number of rotatable bonds is 3. The van der Waals surface area contributed by atoms with E-state index in [2.05, 4.69) is 0 Å². The summed E-state index contributed by atoms with van der Waals surface area (Å²) in [6.45, 7) is 1.89. The molecule has 0 aromatic rings. The van der Waals surface area contributed by atoms with E-state index in [0.717, 1.165) is 19.4 Å². The van der Waals surface area contributed by atoms with E-state index >= 15 is 0 Å². The van der Waals surface area contributed by atoms with Gasteiger partial charge in [-0.3, -0.25) is 0 Å². The number of nitrogens with two attached hydrogens (primary N) is 1. The van der Waals surface area contributed by atoms with Crippen molar-refractivity contribution in [1.82, 2.24) is 0 Å². The largest absolute Gasteiger partial charge is 0.389 e. The fourth-order valence-corrected chi connectivity index (χ4v) is 2.86. The molecule has 0 amide bonds. The van der Waals surface area contributed by atoms with Crippen LogP contribution in [0.25, 0.3) is 0 Å². The summed E-state index contributed by atoms with van der Waals surface area (Å²) in [6.07, 6.45) is 3.56. The standard InChI is InChI=1S/C11H21NO3/c1-14-9-5-11(13,6-9)10(7-12)3-2-4-15-8-10/h9,13H,2-8,12H2,1H3. The van der Waals surface area contributed by atoms with E-state index in [1.54, 1.807) is 7.11 Å². The summed E-state index contributed by atoms with van der Waals surface area (Å²) in [7, 11) is 1.69. The third-order valence-corrected chi connectivity index (χ3v) is 4.16. The first-order chi connectivity index (χ1) is 7.16. The van der Waals surface area contributed by atoms with Crippen LogP contribution in [0.15, 0.2) is 0 Å². The number of aliphatic hydroxyl groups is 1. The zero-order valence-corrected chi connectivity index (χ0v) is 9.37. The first-order valence-corrected chi connectivity index (χ1v) is 5.69. The van der Waals surface area contributed by atoms with Gasteiger partial charge in [0.15, 0.2) is 0 Å². The normalized spacial score (nSPS) is 46.2. The molecule has 1 atom stereocenters. The molecule has 0 spiro atoms. The molecule has 4 nitrogen and oxygen atoms in total. The van der Waals surface area contributed by atoms with Crippen molar-refractivity contribution in [2.45, 2.75) is 37.4 Å². The Bertz CT molecular complexity index is 220. The van der Waals surface area contributed by atoms with E-state index in [4.69, 9.17) is 15.2 Å². The molecule has 2 rings (SSSR count). The minimum Gasteiger partial charge on any atom is -0.389 e. The second kappa shape index (κ2) is 4.01. The van der Waals surface area contributed by atoms with E-state index < -0.39 is 5.60 Å². The summed E-state index contributed by atoms with van der Waals surface area (Å²) in [5.74, 6) is 0. The number of ether oxygens (including phenoxy) is 2. The predicted molar refractivity (Wildman–Crippen MR) is 56.5 cm³/mol. The molecule has 0 aromatic heterocycles. The van der Waals surface area contributed by atoms with Crippen LogP contribution in [0, 0.1) is 5.41 Å². The van der Waals surface area contributed by atoms with Crippen molar-refractivity contribution in [2.75, 3.05) is 26.9 Å². The molecule has 2 aliphatic rings. The fraction of sp³-hybridized carbons (Fsp3) is 1.00. The Hall–Kier alpha value is -0.160. The van der Waals surface area contributed by atoms with Gasteiger partial charge in [-0.1, -0.05) is 0 Å². The van der Waals surface area contributed by atoms with Gasteiger partial charge in [0.1, 0.15) is 0 Å². The summed E-state index contributed by atoms with van der Waals surface area (Å²) in [5, 5.41) is 10.5. The number of methoxy groups -OCH3 is 1. The molecule has 88 valence electrons. The van der Waals surface area contributed by atoms with Gasteiger partial charge in [-0.25, -0.2) is 0 Å². The van der Waals surface area contributed by atoms with Crippen LogP contribution in [-0.2, 0) is 9.47 Å². The maximum absolute atomic E-state index is 10.5. The van der Waals surface area contributed by atoms with Gasteiger partial charge in [-0.15, -0.1) is 0 Å². The SMILES string of the molecule is COC1CC(O)(C2(CN)CCCOC2)C1. The van der Waals surface area contributed by atoms with Gasteiger partial charge in [-0.05, 0) is 12.8 Å². The maximum Gasteiger partial charge on any atom is 0.0787 e. The zero-order valence-electron chi connectivity index (χ0n) is 9.37. The minimum atomic E-state index is -0.664. The highest BCUT2D eigenvalue weighted by atomic mass is 16.5. The second-order valence-corrected chi connectivity index (χ2v) is 4.94. The molecule has 15 heavy (non-hydrogen) atoms. The minimum absolute atomic E-state index is 0.195. The Morgan fingerprint density at radius 1 is 1.53 bits per heavy atom. The van der Waals surface area contributed by atoms with Crippen molar-refractivity contribution in [3.8, 4) is 0 Å². The summed E-state index contributed by atoms with van der Waals surface area (Å²) in [5.41, 5.74) is 4.94. The highest BCUT2D eigenvalue weighted by Crippen LogP contribution is 2.50. The zero-order chi connectivity index (χ0) is 10.9. The molecule has 0 radical (unpaired) electrons. The van der Waals surface area contributed by atoms with Gasteiger partial charge in [0, 0.05) is 38.5 Å². The average Bonchev–Trinajstić information content (AvgIpc) is 2.25. The summed E-state index contributed by atoms with van der Waals surface area (Å²) < 4.78 is 10.7. The molecule has 0 bridgehead atoms. The van der Waals surface area contributed by atoms with Crippen molar-refractivity contribution in [3.63, 3.8) is 0 Å². The molecule has 0 aromatic carbocycles. The van der Waals surface area contributed by atoms with Crippen molar-refractivity contribution in [2.24, 2.45) is 11.1 Å². The van der Waals surface area contributed by atoms with Gasteiger partial charge in [0.05, 0.1) is 18.3 Å². The van der Waals surface area contributed by atoms with E-state index in [1.807, 2.05) is 0 Å². The first-order valence-electron chi connectivity index (χ1n) is 5.69. The van der Waals surface area contributed by atoms with Crippen LogP contribution >= 0.6 is 0 Å². The highest BCUT2D eigenvalue weighted by Gasteiger charge is 2.57. The van der Waals surface area contributed by atoms with Crippen LogP contribution in [0.5, 0.6) is 0 Å². The van der Waals surface area contributed by atoms with Crippen LogP contribution in [0.1, 0.15) is 25.7 Å². The lowest BCUT2D eigenvalue weighted by molar-refractivity contribution is -0.222. The molecule has 1 saturated heterocycles. The first kappa shape index (κ1) is 11.3. The summed E-state index contributed by atoms with van der Waals surface area (Å²) >= 11 is 0. The van der Waals surface area contributed by atoms with Crippen molar-refractivity contribution >= 4 is 0 Å². The van der Waals surface area contributed by atoms with Crippen LogP contribution in [-0.4, -0.2) is 43.7 Å². The van der Waals surface area contributed by atoms with Gasteiger partial charge >= 0.3 is 0 Å². The van der Waals surface area contributed by atoms with E-state index in [1.165, 1.54) is 0 Å². The Balaban J connectivity index is 2.05. The van der Waals surface area contributed by atoms with Crippen LogP contribution in [0.2, 0.25) is 0 Å². The van der Waals surface area contributed by atoms with Crippen LogP contribution in [0.3, 0.4) is 0 Å². The van der Waals surface area contributed by atoms with E-state index in [0.29, 0.717) is 26.0 Å². The maximum atomic E-state index is 10.5. The Morgan fingerprint density at radius 2 is 2.27 bits per heavy atom. The Labute approximate surface area is 90.7 Å². The third kappa shape index (κ3) is 1.69. The molecule has 1 aliphatic carbocycles. The molecule has 3 N–H and O–H groups in total. The lowest BCUT2D eigenvalue weighted by Crippen LogP contribution is -2.64. The number of hydrogen-bond acceptors (Lipinski definition) is 4.